The summed E-state index contributed by atoms with van der Waals surface area (Å²) in [7, 11) is -3.50. The minimum atomic E-state index is -3.50. The zero-order valence-electron chi connectivity index (χ0n) is 8.75. The van der Waals surface area contributed by atoms with Crippen molar-refractivity contribution < 1.29 is 8.42 Å². The van der Waals surface area contributed by atoms with Gasteiger partial charge in [-0.1, -0.05) is 18.1 Å². The predicted octanol–water partition coefficient (Wildman–Crippen LogP) is 2.53. The first-order valence-corrected chi connectivity index (χ1v) is 7.11. The third kappa shape index (κ3) is 2.67. The lowest BCUT2D eigenvalue weighted by Crippen LogP contribution is -2.11. The molecular weight excluding hydrogens is 254 g/mol. The summed E-state index contributed by atoms with van der Waals surface area (Å²) in [4.78, 5) is 0. The maximum atomic E-state index is 11.9. The maximum absolute atomic E-state index is 11.9. The highest BCUT2D eigenvalue weighted by Crippen LogP contribution is 2.20. The van der Waals surface area contributed by atoms with Crippen LogP contribution in [0.3, 0.4) is 0 Å². The number of anilines is 1. The van der Waals surface area contributed by atoms with Crippen LogP contribution in [0.2, 0.25) is 0 Å². The molecule has 1 N–H and O–H groups in total. The van der Waals surface area contributed by atoms with Crippen LogP contribution < -0.4 is 4.72 Å². The van der Waals surface area contributed by atoms with Gasteiger partial charge in [0.05, 0.1) is 5.69 Å². The molecule has 0 unspecified atom stereocenters. The van der Waals surface area contributed by atoms with Gasteiger partial charge in [-0.15, -0.1) is 17.8 Å². The van der Waals surface area contributed by atoms with Crippen LogP contribution in [0.15, 0.2) is 46.0 Å². The summed E-state index contributed by atoms with van der Waals surface area (Å²) >= 11 is 1.17. The van der Waals surface area contributed by atoms with E-state index in [9.17, 15) is 8.42 Å². The summed E-state index contributed by atoms with van der Waals surface area (Å²) in [6.07, 6.45) is 5.25. The predicted molar refractivity (Wildman–Crippen MR) is 69.5 cm³/mol. The van der Waals surface area contributed by atoms with Gasteiger partial charge < -0.3 is 0 Å². The van der Waals surface area contributed by atoms with Crippen molar-refractivity contribution in [2.45, 2.75) is 4.21 Å². The molecule has 0 amide bonds. The van der Waals surface area contributed by atoms with E-state index in [1.165, 1.54) is 11.3 Å². The number of terminal acetylenes is 1. The quantitative estimate of drug-likeness (QED) is 0.865. The molecule has 0 spiro atoms. The summed E-state index contributed by atoms with van der Waals surface area (Å²) in [6.45, 7) is 0. The summed E-state index contributed by atoms with van der Waals surface area (Å²) in [5.41, 5.74) is 1.10. The Bertz CT molecular complexity index is 652. The lowest BCUT2D eigenvalue weighted by atomic mass is 10.2. The summed E-state index contributed by atoms with van der Waals surface area (Å²) < 4.78 is 26.6. The van der Waals surface area contributed by atoms with E-state index in [-0.39, 0.29) is 4.21 Å². The smallest absolute Gasteiger partial charge is 0.271 e. The van der Waals surface area contributed by atoms with Crippen molar-refractivity contribution in [2.75, 3.05) is 4.72 Å². The molecule has 0 aliphatic carbocycles. The Labute approximate surface area is 104 Å². The molecule has 1 aromatic carbocycles. The van der Waals surface area contributed by atoms with Gasteiger partial charge in [0.2, 0.25) is 0 Å². The number of nitrogens with one attached hydrogen (secondary N) is 1. The molecule has 0 radical (unpaired) electrons. The molecule has 2 aromatic rings. The van der Waals surface area contributed by atoms with Crippen LogP contribution in [-0.2, 0) is 10.0 Å². The molecule has 0 aliphatic heterocycles. The minimum absolute atomic E-state index is 0.281. The second kappa shape index (κ2) is 4.62. The number of rotatable bonds is 3. The number of sulfonamides is 1. The van der Waals surface area contributed by atoms with Gasteiger partial charge in [0.1, 0.15) is 4.21 Å². The molecule has 17 heavy (non-hydrogen) atoms. The van der Waals surface area contributed by atoms with E-state index in [1.807, 2.05) is 0 Å². The van der Waals surface area contributed by atoms with Gasteiger partial charge in [-0.25, -0.2) is 8.42 Å². The first-order valence-electron chi connectivity index (χ1n) is 4.75. The molecule has 0 bridgehead atoms. The fourth-order valence-electron chi connectivity index (χ4n) is 1.29. The topological polar surface area (TPSA) is 46.2 Å². The molecule has 3 nitrogen and oxygen atoms in total. The SMILES string of the molecule is C#Cc1cccc(NS(=O)(=O)c2cccs2)c1. The number of thiophene rings is 1. The zero-order valence-corrected chi connectivity index (χ0v) is 10.4. The molecule has 0 atom stereocenters. The van der Waals surface area contributed by atoms with Crippen molar-refractivity contribution in [3.05, 3.63) is 47.3 Å². The van der Waals surface area contributed by atoms with E-state index in [0.717, 1.165) is 0 Å². The van der Waals surface area contributed by atoms with E-state index < -0.39 is 10.0 Å². The van der Waals surface area contributed by atoms with Crippen LogP contribution in [0.1, 0.15) is 5.56 Å². The van der Waals surface area contributed by atoms with Gasteiger partial charge in [0.15, 0.2) is 0 Å². The standard InChI is InChI=1S/C12H9NO2S2/c1-2-10-5-3-6-11(9-10)13-17(14,15)12-7-4-8-16-12/h1,3-9,13H. The number of hydrogen-bond donors (Lipinski definition) is 1. The summed E-state index contributed by atoms with van der Waals surface area (Å²) in [5, 5.41) is 1.71. The third-order valence-corrected chi connectivity index (χ3v) is 4.82. The van der Waals surface area contributed by atoms with Gasteiger partial charge in [0.25, 0.3) is 10.0 Å². The van der Waals surface area contributed by atoms with E-state index in [2.05, 4.69) is 10.6 Å². The van der Waals surface area contributed by atoms with Crippen molar-refractivity contribution in [2.24, 2.45) is 0 Å². The summed E-state index contributed by atoms with van der Waals surface area (Å²) in [6, 6.07) is 9.97. The Hall–Kier alpha value is -1.77. The largest absolute Gasteiger partial charge is 0.279 e. The van der Waals surface area contributed by atoms with Crippen LogP contribution in [0.25, 0.3) is 0 Å². The van der Waals surface area contributed by atoms with E-state index in [1.54, 1.807) is 41.8 Å². The molecule has 1 heterocycles. The summed E-state index contributed by atoms with van der Waals surface area (Å²) in [5.74, 6) is 2.46. The average Bonchev–Trinajstić information content (AvgIpc) is 2.83. The Balaban J connectivity index is 2.30. The Kier molecular flexibility index (Phi) is 3.18. The van der Waals surface area contributed by atoms with Gasteiger partial charge in [-0.2, -0.15) is 0 Å². The normalized spacial score (nSPS) is 10.8. The van der Waals surface area contributed by atoms with Crippen molar-refractivity contribution in [3.63, 3.8) is 0 Å². The molecule has 5 heteroatoms. The van der Waals surface area contributed by atoms with Crippen LogP contribution in [0.5, 0.6) is 0 Å². The fourth-order valence-corrected chi connectivity index (χ4v) is 3.34. The highest BCUT2D eigenvalue weighted by molar-refractivity contribution is 7.94. The molecule has 0 saturated heterocycles. The third-order valence-electron chi connectivity index (χ3n) is 2.04. The van der Waals surface area contributed by atoms with Crippen LogP contribution in [0.4, 0.5) is 5.69 Å². The van der Waals surface area contributed by atoms with Crippen molar-refractivity contribution in [1.29, 1.82) is 0 Å². The average molecular weight is 263 g/mol. The second-order valence-electron chi connectivity index (χ2n) is 3.26. The van der Waals surface area contributed by atoms with Crippen LogP contribution in [-0.4, -0.2) is 8.42 Å². The molecule has 2 rings (SSSR count). The Morgan fingerprint density at radius 1 is 1.24 bits per heavy atom. The van der Waals surface area contributed by atoms with E-state index >= 15 is 0 Å². The van der Waals surface area contributed by atoms with E-state index in [0.29, 0.717) is 11.3 Å². The van der Waals surface area contributed by atoms with Gasteiger partial charge >= 0.3 is 0 Å². The molecule has 86 valence electrons. The van der Waals surface area contributed by atoms with Crippen molar-refractivity contribution in [1.82, 2.24) is 0 Å². The monoisotopic (exact) mass is 263 g/mol. The van der Waals surface area contributed by atoms with Crippen molar-refractivity contribution >= 4 is 27.0 Å². The maximum Gasteiger partial charge on any atom is 0.271 e. The van der Waals surface area contributed by atoms with Crippen LogP contribution >= 0.6 is 11.3 Å². The lowest BCUT2D eigenvalue weighted by Gasteiger charge is -2.06. The Morgan fingerprint density at radius 2 is 2.06 bits per heavy atom. The number of benzene rings is 1. The first kappa shape index (κ1) is 11.7. The highest BCUT2D eigenvalue weighted by Gasteiger charge is 2.14. The van der Waals surface area contributed by atoms with Crippen molar-refractivity contribution in [3.8, 4) is 12.3 Å². The minimum Gasteiger partial charge on any atom is -0.279 e. The first-order chi connectivity index (χ1) is 8.12. The number of hydrogen-bond acceptors (Lipinski definition) is 3. The molecule has 0 fully saturated rings. The van der Waals surface area contributed by atoms with Gasteiger partial charge in [-0.05, 0) is 29.6 Å². The fraction of sp³-hybridized carbons (Fsp3) is 0. The zero-order chi connectivity index (χ0) is 12.3. The molecular formula is C12H9NO2S2. The lowest BCUT2D eigenvalue weighted by molar-refractivity contribution is 0.603. The Morgan fingerprint density at radius 3 is 2.71 bits per heavy atom. The molecule has 0 aliphatic rings. The molecule has 0 saturated carbocycles. The van der Waals surface area contributed by atoms with E-state index in [4.69, 9.17) is 6.42 Å². The highest BCUT2D eigenvalue weighted by atomic mass is 32.2. The second-order valence-corrected chi connectivity index (χ2v) is 6.12. The molecule has 1 aromatic heterocycles. The van der Waals surface area contributed by atoms with Gasteiger partial charge in [-0.3, -0.25) is 4.72 Å². The van der Waals surface area contributed by atoms with Gasteiger partial charge in [0, 0.05) is 5.56 Å². The van der Waals surface area contributed by atoms with Crippen LogP contribution in [0, 0.1) is 12.3 Å².